The van der Waals surface area contributed by atoms with E-state index in [1.807, 2.05) is 0 Å². The molecule has 4 bridgehead atoms. The molecule has 0 aliphatic heterocycles. The average Bonchev–Trinajstić information content (AvgIpc) is 3.00. The van der Waals surface area contributed by atoms with Gasteiger partial charge in [-0.1, -0.05) is 37.6 Å². The van der Waals surface area contributed by atoms with Crippen LogP contribution in [0.4, 0.5) is 0 Å². The monoisotopic (exact) mass is 294 g/mol. The van der Waals surface area contributed by atoms with Crippen LogP contribution in [0.3, 0.4) is 0 Å². The first kappa shape index (κ1) is 13.6. The average molecular weight is 294 g/mol. The molecule has 1 atom stereocenters. The predicted octanol–water partition coefficient (Wildman–Crippen LogP) is 6.06. The molecule has 118 valence electrons. The number of allylic oxidation sites excluding steroid dienone is 6. The highest BCUT2D eigenvalue weighted by atomic mass is 14.7. The van der Waals surface area contributed by atoms with Crippen LogP contribution in [-0.2, 0) is 0 Å². The Balaban J connectivity index is 1.66. The highest BCUT2D eigenvalue weighted by Crippen LogP contribution is 2.73. The molecule has 1 unspecified atom stereocenters. The number of hydrogen-bond acceptors (Lipinski definition) is 0. The van der Waals surface area contributed by atoms with Gasteiger partial charge in [-0.3, -0.25) is 0 Å². The van der Waals surface area contributed by atoms with E-state index in [2.05, 4.69) is 39.0 Å². The summed E-state index contributed by atoms with van der Waals surface area (Å²) < 4.78 is 0. The molecule has 0 nitrogen and oxygen atoms in total. The lowest BCUT2D eigenvalue weighted by Crippen LogP contribution is -2.56. The van der Waals surface area contributed by atoms with Gasteiger partial charge in [-0.15, -0.1) is 0 Å². The van der Waals surface area contributed by atoms with E-state index in [1.54, 1.807) is 36.0 Å². The Morgan fingerprint density at radius 1 is 1.00 bits per heavy atom. The summed E-state index contributed by atoms with van der Waals surface area (Å²) >= 11 is 0. The number of hydrogen-bond donors (Lipinski definition) is 0. The van der Waals surface area contributed by atoms with Gasteiger partial charge in [0, 0.05) is 5.41 Å². The van der Waals surface area contributed by atoms with Gasteiger partial charge in [-0.05, 0) is 92.1 Å². The largest absolute Gasteiger partial charge is 0.0649 e. The summed E-state index contributed by atoms with van der Waals surface area (Å²) in [6, 6.07) is 0. The molecule has 0 heterocycles. The Morgan fingerprint density at radius 3 is 2.14 bits per heavy atom. The van der Waals surface area contributed by atoms with Crippen molar-refractivity contribution in [3.8, 4) is 0 Å². The summed E-state index contributed by atoms with van der Waals surface area (Å²) in [5, 5.41) is 0. The third-order valence-electron chi connectivity index (χ3n) is 8.27. The van der Waals surface area contributed by atoms with Crippen molar-refractivity contribution in [3.05, 3.63) is 34.9 Å². The molecule has 6 aliphatic carbocycles. The second-order valence-corrected chi connectivity index (χ2v) is 9.63. The standard InChI is InChI=1S/C22H30/c1-14(2)22(10-15(3)19-5-4-6-20(19)22)21-11-16-7-17(12-21)9-18(8-16)13-21/h4-6,14,16-18H,7-13H2,1-3H3. The summed E-state index contributed by atoms with van der Waals surface area (Å²) in [7, 11) is 0. The second-order valence-electron chi connectivity index (χ2n) is 9.63. The smallest absolute Gasteiger partial charge is 0.00758 e. The molecule has 0 heteroatoms. The van der Waals surface area contributed by atoms with Gasteiger partial charge in [0.2, 0.25) is 0 Å². The van der Waals surface area contributed by atoms with Crippen LogP contribution in [0.1, 0.15) is 65.7 Å². The van der Waals surface area contributed by atoms with E-state index in [9.17, 15) is 0 Å². The Hall–Kier alpha value is -0.780. The third kappa shape index (κ3) is 1.46. The SMILES string of the molecule is CC1=C2C=CC=C2C(C(C)C)(C23CC4CC(CC(C4)C2)C3)C1. The summed E-state index contributed by atoms with van der Waals surface area (Å²) in [6.45, 7) is 7.45. The molecule has 0 aromatic rings. The fourth-order valence-corrected chi connectivity index (χ4v) is 8.05. The predicted molar refractivity (Wildman–Crippen MR) is 92.4 cm³/mol. The van der Waals surface area contributed by atoms with Crippen LogP contribution < -0.4 is 0 Å². The van der Waals surface area contributed by atoms with Gasteiger partial charge in [0.15, 0.2) is 0 Å². The zero-order chi connectivity index (χ0) is 15.1. The minimum atomic E-state index is 0.450. The van der Waals surface area contributed by atoms with Gasteiger partial charge < -0.3 is 0 Å². The van der Waals surface area contributed by atoms with Crippen molar-refractivity contribution >= 4 is 0 Å². The summed E-state index contributed by atoms with van der Waals surface area (Å²) in [5.74, 6) is 3.94. The van der Waals surface area contributed by atoms with E-state index >= 15 is 0 Å². The molecule has 0 radical (unpaired) electrons. The van der Waals surface area contributed by atoms with E-state index in [0.29, 0.717) is 10.8 Å². The van der Waals surface area contributed by atoms with Gasteiger partial charge in [-0.25, -0.2) is 0 Å². The van der Waals surface area contributed by atoms with Crippen molar-refractivity contribution in [2.45, 2.75) is 65.7 Å². The molecule has 0 spiro atoms. The van der Waals surface area contributed by atoms with Crippen molar-refractivity contribution in [2.75, 3.05) is 0 Å². The van der Waals surface area contributed by atoms with E-state index in [-0.39, 0.29) is 0 Å². The summed E-state index contributed by atoms with van der Waals surface area (Å²) in [4.78, 5) is 0. The molecule has 0 saturated heterocycles. The fraction of sp³-hybridized carbons (Fsp3) is 0.727. The van der Waals surface area contributed by atoms with Crippen molar-refractivity contribution in [3.63, 3.8) is 0 Å². The molecular weight excluding hydrogens is 264 g/mol. The van der Waals surface area contributed by atoms with E-state index in [1.165, 1.54) is 25.7 Å². The van der Waals surface area contributed by atoms with Crippen molar-refractivity contribution < 1.29 is 0 Å². The van der Waals surface area contributed by atoms with Crippen molar-refractivity contribution in [2.24, 2.45) is 34.5 Å². The molecule has 0 amide bonds. The lowest BCUT2D eigenvalue weighted by molar-refractivity contribution is -0.130. The maximum Gasteiger partial charge on any atom is 0.00758 e. The highest BCUT2D eigenvalue weighted by molar-refractivity contribution is 5.60. The van der Waals surface area contributed by atoms with Crippen molar-refractivity contribution in [1.82, 2.24) is 0 Å². The maximum absolute atomic E-state index is 2.52. The van der Waals surface area contributed by atoms with Crippen LogP contribution in [-0.4, -0.2) is 0 Å². The fourth-order valence-electron chi connectivity index (χ4n) is 8.05. The van der Waals surface area contributed by atoms with Gasteiger partial charge in [0.25, 0.3) is 0 Å². The third-order valence-corrected chi connectivity index (χ3v) is 8.27. The summed E-state index contributed by atoms with van der Waals surface area (Å²) in [6.07, 6.45) is 17.9. The van der Waals surface area contributed by atoms with Crippen molar-refractivity contribution in [1.29, 1.82) is 0 Å². The summed E-state index contributed by atoms with van der Waals surface area (Å²) in [5.41, 5.74) is 6.10. The highest BCUT2D eigenvalue weighted by Gasteiger charge is 2.63. The molecule has 6 rings (SSSR count). The first-order chi connectivity index (χ1) is 10.5. The van der Waals surface area contributed by atoms with Crippen LogP contribution in [0.25, 0.3) is 0 Å². The molecule has 4 saturated carbocycles. The molecule has 4 fully saturated rings. The minimum Gasteiger partial charge on any atom is -0.0649 e. The van der Waals surface area contributed by atoms with Crippen LogP contribution in [0, 0.1) is 34.5 Å². The van der Waals surface area contributed by atoms with E-state index in [4.69, 9.17) is 0 Å². The van der Waals surface area contributed by atoms with Crippen LogP contribution >= 0.6 is 0 Å². The van der Waals surface area contributed by atoms with Crippen LogP contribution in [0.5, 0.6) is 0 Å². The van der Waals surface area contributed by atoms with E-state index < -0.39 is 0 Å². The maximum atomic E-state index is 2.52. The molecule has 22 heavy (non-hydrogen) atoms. The molecule has 0 aromatic heterocycles. The van der Waals surface area contributed by atoms with Gasteiger partial charge in [-0.2, -0.15) is 0 Å². The topological polar surface area (TPSA) is 0 Å². The van der Waals surface area contributed by atoms with Crippen LogP contribution in [0.2, 0.25) is 0 Å². The number of rotatable bonds is 2. The normalized spacial score (nSPS) is 48.5. The zero-order valence-electron chi connectivity index (χ0n) is 14.5. The van der Waals surface area contributed by atoms with E-state index in [0.717, 1.165) is 23.7 Å². The lowest BCUT2D eigenvalue weighted by Gasteiger charge is -2.65. The van der Waals surface area contributed by atoms with Gasteiger partial charge in [0.1, 0.15) is 0 Å². The first-order valence-corrected chi connectivity index (χ1v) is 9.63. The quantitative estimate of drug-likeness (QED) is 0.580. The minimum absolute atomic E-state index is 0.450. The van der Waals surface area contributed by atoms with Gasteiger partial charge >= 0.3 is 0 Å². The van der Waals surface area contributed by atoms with Gasteiger partial charge in [0.05, 0.1) is 0 Å². The Kier molecular flexibility index (Phi) is 2.60. The first-order valence-electron chi connectivity index (χ1n) is 9.63. The molecular formula is C22H30. The Bertz CT molecular complexity index is 577. The molecule has 6 aliphatic rings. The zero-order valence-corrected chi connectivity index (χ0v) is 14.5. The molecule has 0 aromatic carbocycles. The molecule has 0 N–H and O–H groups in total. The Morgan fingerprint density at radius 2 is 1.59 bits per heavy atom. The second kappa shape index (κ2) is 4.19. The Labute approximate surface area is 135 Å². The van der Waals surface area contributed by atoms with Crippen LogP contribution in [0.15, 0.2) is 34.9 Å². The number of fused-ring (bicyclic) bond motifs is 1. The lowest BCUT2D eigenvalue weighted by atomic mass is 9.39.